The van der Waals surface area contributed by atoms with Crippen molar-refractivity contribution in [2.24, 2.45) is 7.05 Å². The van der Waals surface area contributed by atoms with E-state index in [1.165, 1.54) is 4.68 Å². The van der Waals surface area contributed by atoms with Crippen molar-refractivity contribution in [3.63, 3.8) is 0 Å². The van der Waals surface area contributed by atoms with Crippen LogP contribution in [0.2, 0.25) is 0 Å². The van der Waals surface area contributed by atoms with Crippen LogP contribution >= 0.6 is 15.9 Å². The van der Waals surface area contributed by atoms with Crippen molar-refractivity contribution in [3.05, 3.63) is 46.1 Å². The van der Waals surface area contributed by atoms with Gasteiger partial charge in [-0.25, -0.2) is 0 Å². The van der Waals surface area contributed by atoms with Crippen LogP contribution in [0, 0.1) is 11.3 Å². The molecule has 1 aromatic carbocycles. The highest BCUT2D eigenvalue weighted by Gasteiger charge is 2.11. The number of nitriles is 1. The van der Waals surface area contributed by atoms with Crippen molar-refractivity contribution in [3.8, 4) is 6.07 Å². The van der Waals surface area contributed by atoms with Crippen LogP contribution in [0.5, 0.6) is 0 Å². The second kappa shape index (κ2) is 5.67. The van der Waals surface area contributed by atoms with Gasteiger partial charge in [-0.3, -0.25) is 9.48 Å². The number of benzene rings is 1. The van der Waals surface area contributed by atoms with E-state index in [4.69, 9.17) is 5.26 Å². The lowest BCUT2D eigenvalue weighted by atomic mass is 10.1. The lowest BCUT2D eigenvalue weighted by Crippen LogP contribution is -2.15. The van der Waals surface area contributed by atoms with Gasteiger partial charge in [-0.1, -0.05) is 28.1 Å². The predicted molar refractivity (Wildman–Crippen MR) is 74.4 cm³/mol. The highest BCUT2D eigenvalue weighted by molar-refractivity contribution is 9.10. The summed E-state index contributed by atoms with van der Waals surface area (Å²) >= 11 is 3.34. The van der Waals surface area contributed by atoms with Gasteiger partial charge in [0.1, 0.15) is 11.6 Å². The van der Waals surface area contributed by atoms with Gasteiger partial charge in [-0.2, -0.15) is 10.4 Å². The zero-order valence-corrected chi connectivity index (χ0v) is 11.8. The number of aromatic nitrogens is 2. The van der Waals surface area contributed by atoms with Gasteiger partial charge in [-0.05, 0) is 17.7 Å². The van der Waals surface area contributed by atoms with E-state index >= 15 is 0 Å². The molecule has 1 aromatic heterocycles. The standard InChI is InChI=1S/C13H11BrN4O/c1-18-8-10(7-15)13(17-18)16-12(19)6-9-2-4-11(14)5-3-9/h2-5,8H,6H2,1H3,(H,16,17,19). The Hall–Kier alpha value is -2.13. The third-order valence-electron chi connectivity index (χ3n) is 2.49. The smallest absolute Gasteiger partial charge is 0.230 e. The van der Waals surface area contributed by atoms with Crippen molar-refractivity contribution < 1.29 is 4.79 Å². The van der Waals surface area contributed by atoms with Crippen LogP contribution in [0.3, 0.4) is 0 Å². The molecule has 0 radical (unpaired) electrons. The third kappa shape index (κ3) is 3.42. The van der Waals surface area contributed by atoms with Gasteiger partial charge >= 0.3 is 0 Å². The Morgan fingerprint density at radius 1 is 1.47 bits per heavy atom. The molecule has 0 saturated carbocycles. The average Bonchev–Trinajstić information content (AvgIpc) is 2.72. The molecule has 2 rings (SSSR count). The van der Waals surface area contributed by atoms with Gasteiger partial charge in [0, 0.05) is 17.7 Å². The highest BCUT2D eigenvalue weighted by atomic mass is 79.9. The van der Waals surface area contributed by atoms with Crippen LogP contribution in [0.25, 0.3) is 0 Å². The molecule has 0 spiro atoms. The molecule has 0 saturated heterocycles. The summed E-state index contributed by atoms with van der Waals surface area (Å²) < 4.78 is 2.46. The molecule has 0 aliphatic heterocycles. The fourth-order valence-electron chi connectivity index (χ4n) is 1.63. The minimum atomic E-state index is -0.197. The first-order chi connectivity index (χ1) is 9.08. The lowest BCUT2D eigenvalue weighted by molar-refractivity contribution is -0.115. The maximum atomic E-state index is 11.9. The molecule has 96 valence electrons. The second-order valence-electron chi connectivity index (χ2n) is 4.03. The summed E-state index contributed by atoms with van der Waals surface area (Å²) in [4.78, 5) is 11.9. The summed E-state index contributed by atoms with van der Waals surface area (Å²) in [5, 5.41) is 15.6. The van der Waals surface area contributed by atoms with Crippen molar-refractivity contribution >= 4 is 27.7 Å². The molecule has 6 heteroatoms. The Labute approximate surface area is 119 Å². The molecule has 0 fully saturated rings. The number of aryl methyl sites for hydroxylation is 1. The number of nitrogens with zero attached hydrogens (tertiary/aromatic N) is 3. The first kappa shape index (κ1) is 13.3. The molecule has 0 aliphatic carbocycles. The summed E-state index contributed by atoms with van der Waals surface area (Å²) in [6.07, 6.45) is 1.81. The fraction of sp³-hybridized carbons (Fsp3) is 0.154. The Balaban J connectivity index is 2.05. The number of hydrogen-bond donors (Lipinski definition) is 1. The Bertz CT molecular complexity index is 640. The zero-order valence-electron chi connectivity index (χ0n) is 10.2. The largest absolute Gasteiger partial charge is 0.308 e. The van der Waals surface area contributed by atoms with Crippen molar-refractivity contribution in [2.45, 2.75) is 6.42 Å². The molecule has 0 aliphatic rings. The summed E-state index contributed by atoms with van der Waals surface area (Å²) in [5.74, 6) is 0.102. The van der Waals surface area contributed by atoms with Gasteiger partial charge in [0.25, 0.3) is 0 Å². The van der Waals surface area contributed by atoms with Crippen molar-refractivity contribution in [1.82, 2.24) is 9.78 Å². The number of carbonyl (C=O) groups is 1. The molecule has 19 heavy (non-hydrogen) atoms. The van der Waals surface area contributed by atoms with Crippen LogP contribution in [0.1, 0.15) is 11.1 Å². The highest BCUT2D eigenvalue weighted by Crippen LogP contribution is 2.13. The van der Waals surface area contributed by atoms with E-state index in [2.05, 4.69) is 26.3 Å². The predicted octanol–water partition coefficient (Wildman–Crippen LogP) is 2.24. The molecule has 0 bridgehead atoms. The van der Waals surface area contributed by atoms with Crippen LogP contribution < -0.4 is 5.32 Å². The van der Waals surface area contributed by atoms with Gasteiger partial charge in [-0.15, -0.1) is 0 Å². The Kier molecular flexibility index (Phi) is 3.97. The molecule has 1 amide bonds. The van der Waals surface area contributed by atoms with Crippen LogP contribution in [-0.2, 0) is 18.3 Å². The van der Waals surface area contributed by atoms with Gasteiger partial charge < -0.3 is 5.32 Å². The number of nitrogens with one attached hydrogen (secondary N) is 1. The maximum absolute atomic E-state index is 11.9. The normalized spacial score (nSPS) is 9.95. The Morgan fingerprint density at radius 2 is 2.16 bits per heavy atom. The molecule has 2 aromatic rings. The SMILES string of the molecule is Cn1cc(C#N)c(NC(=O)Cc2ccc(Br)cc2)n1. The number of rotatable bonds is 3. The topological polar surface area (TPSA) is 70.7 Å². The monoisotopic (exact) mass is 318 g/mol. The van der Waals surface area contributed by atoms with Gasteiger partial charge in [0.05, 0.1) is 6.42 Å². The summed E-state index contributed by atoms with van der Waals surface area (Å²) in [5.41, 5.74) is 1.25. The van der Waals surface area contributed by atoms with E-state index in [0.717, 1.165) is 10.0 Å². The molecule has 1 heterocycles. The molecular formula is C13H11BrN4O. The molecule has 0 unspecified atom stereocenters. The van der Waals surface area contributed by atoms with E-state index in [0.29, 0.717) is 11.4 Å². The van der Waals surface area contributed by atoms with Crippen molar-refractivity contribution in [1.29, 1.82) is 5.26 Å². The molecule has 1 N–H and O–H groups in total. The second-order valence-corrected chi connectivity index (χ2v) is 4.94. The van der Waals surface area contributed by atoms with Crippen LogP contribution in [0.15, 0.2) is 34.9 Å². The maximum Gasteiger partial charge on any atom is 0.230 e. The summed E-state index contributed by atoms with van der Waals surface area (Å²) in [6.45, 7) is 0. The first-order valence-corrected chi connectivity index (χ1v) is 6.36. The minimum Gasteiger partial charge on any atom is -0.308 e. The van der Waals surface area contributed by atoms with Crippen molar-refractivity contribution in [2.75, 3.05) is 5.32 Å². The van der Waals surface area contributed by atoms with E-state index in [1.54, 1.807) is 13.2 Å². The van der Waals surface area contributed by atoms with Gasteiger partial charge in [0.15, 0.2) is 5.82 Å². The van der Waals surface area contributed by atoms with E-state index in [1.807, 2.05) is 30.3 Å². The van der Waals surface area contributed by atoms with E-state index < -0.39 is 0 Å². The summed E-state index contributed by atoms with van der Waals surface area (Å²) in [6, 6.07) is 9.48. The Morgan fingerprint density at radius 3 is 2.79 bits per heavy atom. The number of amides is 1. The minimum absolute atomic E-state index is 0.197. The van der Waals surface area contributed by atoms with E-state index in [-0.39, 0.29) is 12.3 Å². The number of halogens is 1. The van der Waals surface area contributed by atoms with Crippen LogP contribution in [0.4, 0.5) is 5.82 Å². The third-order valence-corrected chi connectivity index (χ3v) is 3.01. The van der Waals surface area contributed by atoms with E-state index in [9.17, 15) is 4.79 Å². The molecule has 0 atom stereocenters. The van der Waals surface area contributed by atoms with Gasteiger partial charge in [0.2, 0.25) is 5.91 Å². The number of hydrogen-bond acceptors (Lipinski definition) is 3. The van der Waals surface area contributed by atoms with Crippen LogP contribution in [-0.4, -0.2) is 15.7 Å². The zero-order chi connectivity index (χ0) is 13.8. The summed E-state index contributed by atoms with van der Waals surface area (Å²) in [7, 11) is 1.70. The lowest BCUT2D eigenvalue weighted by Gasteiger charge is -2.03. The number of carbonyl (C=O) groups excluding carboxylic acids is 1. The molecular weight excluding hydrogens is 308 g/mol. The fourth-order valence-corrected chi connectivity index (χ4v) is 1.89. The average molecular weight is 319 g/mol. The molecule has 5 nitrogen and oxygen atoms in total. The first-order valence-electron chi connectivity index (χ1n) is 5.56. The quantitative estimate of drug-likeness (QED) is 0.943. The number of anilines is 1.